The molecule has 2 atom stereocenters. The van der Waals surface area contributed by atoms with E-state index in [0.717, 1.165) is 6.07 Å². The minimum atomic E-state index is -4.59. The van der Waals surface area contributed by atoms with Gasteiger partial charge >= 0.3 is 6.18 Å². The predicted octanol–water partition coefficient (Wildman–Crippen LogP) is 2.56. The Kier molecular flexibility index (Phi) is 5.87. The molecule has 3 N–H and O–H groups in total. The molecule has 1 aromatic rings. The lowest BCUT2D eigenvalue weighted by molar-refractivity contribution is -0.154. The lowest BCUT2D eigenvalue weighted by atomic mass is 10.0. The summed E-state index contributed by atoms with van der Waals surface area (Å²) in [6, 6.07) is 2.94. The zero-order valence-corrected chi connectivity index (χ0v) is 9.43. The van der Waals surface area contributed by atoms with Crippen LogP contribution in [0.5, 0.6) is 0 Å². The van der Waals surface area contributed by atoms with Crippen molar-refractivity contribution < 1.29 is 22.7 Å². The third kappa shape index (κ3) is 4.49. The molecular formula is C10H12ClF4NO. The summed E-state index contributed by atoms with van der Waals surface area (Å²) in [4.78, 5) is 0. The molecule has 0 aliphatic rings. The van der Waals surface area contributed by atoms with E-state index in [1.54, 1.807) is 0 Å². The zero-order valence-electron chi connectivity index (χ0n) is 8.62. The first-order chi connectivity index (χ1) is 7.32. The average molecular weight is 274 g/mol. The second-order valence-corrected chi connectivity index (χ2v) is 3.42. The molecule has 98 valence electrons. The molecule has 2 nitrogen and oxygen atoms in total. The van der Waals surface area contributed by atoms with Crippen LogP contribution in [-0.2, 0) is 0 Å². The summed E-state index contributed by atoms with van der Waals surface area (Å²) in [5.41, 5.74) is 4.65. The summed E-state index contributed by atoms with van der Waals surface area (Å²) in [6.07, 6.45) is -6.91. The molecule has 0 fully saturated rings. The molecule has 0 spiro atoms. The van der Waals surface area contributed by atoms with Gasteiger partial charge in [0.25, 0.3) is 0 Å². The molecule has 0 heterocycles. The quantitative estimate of drug-likeness (QED) is 0.832. The lowest BCUT2D eigenvalue weighted by Crippen LogP contribution is -2.38. The van der Waals surface area contributed by atoms with Crippen molar-refractivity contribution in [3.05, 3.63) is 35.6 Å². The summed E-state index contributed by atoms with van der Waals surface area (Å²) >= 11 is 0. The predicted molar refractivity (Wildman–Crippen MR) is 57.3 cm³/mol. The largest absolute Gasteiger partial charge is 0.403 e. The van der Waals surface area contributed by atoms with Gasteiger partial charge in [-0.05, 0) is 6.07 Å². The Balaban J connectivity index is 0.00000256. The number of nitrogens with two attached hydrogens (primary N) is 1. The van der Waals surface area contributed by atoms with Gasteiger partial charge < -0.3 is 10.8 Å². The number of benzene rings is 1. The molecule has 1 rings (SSSR count). The van der Waals surface area contributed by atoms with E-state index in [1.165, 1.54) is 18.2 Å². The minimum absolute atomic E-state index is 0. The van der Waals surface area contributed by atoms with Crippen LogP contribution in [0.1, 0.15) is 18.1 Å². The molecule has 0 amide bonds. The Bertz CT molecular complexity index is 358. The second-order valence-electron chi connectivity index (χ2n) is 3.42. The third-order valence-electron chi connectivity index (χ3n) is 2.16. The van der Waals surface area contributed by atoms with E-state index in [-0.39, 0.29) is 18.0 Å². The van der Waals surface area contributed by atoms with Crippen LogP contribution < -0.4 is 5.73 Å². The fourth-order valence-electron chi connectivity index (χ4n) is 1.25. The van der Waals surface area contributed by atoms with Gasteiger partial charge in [0.1, 0.15) is 11.9 Å². The van der Waals surface area contributed by atoms with Crippen molar-refractivity contribution in [2.75, 3.05) is 0 Å². The molecule has 0 aliphatic carbocycles. The van der Waals surface area contributed by atoms with Gasteiger partial charge in [-0.15, -0.1) is 12.4 Å². The van der Waals surface area contributed by atoms with E-state index in [1.807, 2.05) is 0 Å². The summed E-state index contributed by atoms with van der Waals surface area (Å²) in [5.74, 6) is -0.746. The Hall–Kier alpha value is -0.850. The van der Waals surface area contributed by atoms with Crippen molar-refractivity contribution in [2.24, 2.45) is 5.73 Å². The SMILES string of the molecule is Cl.N[C@@H](C[C@H](O)c1ccccc1F)C(F)(F)F. The van der Waals surface area contributed by atoms with E-state index in [4.69, 9.17) is 5.73 Å². The van der Waals surface area contributed by atoms with E-state index in [2.05, 4.69) is 0 Å². The van der Waals surface area contributed by atoms with Gasteiger partial charge in [-0.3, -0.25) is 0 Å². The molecule has 0 aromatic heterocycles. The van der Waals surface area contributed by atoms with Gasteiger partial charge in [0.2, 0.25) is 0 Å². The fourth-order valence-corrected chi connectivity index (χ4v) is 1.25. The van der Waals surface area contributed by atoms with Gasteiger partial charge in [0.15, 0.2) is 0 Å². The van der Waals surface area contributed by atoms with Crippen LogP contribution in [0.4, 0.5) is 17.6 Å². The maximum absolute atomic E-state index is 13.1. The number of halogens is 5. The van der Waals surface area contributed by atoms with Gasteiger partial charge in [0.05, 0.1) is 6.10 Å². The number of hydrogen-bond acceptors (Lipinski definition) is 2. The minimum Gasteiger partial charge on any atom is -0.388 e. The summed E-state index contributed by atoms with van der Waals surface area (Å²) < 4.78 is 49.4. The number of rotatable bonds is 3. The normalized spacial score (nSPS) is 14.9. The molecule has 1 aromatic carbocycles. The highest BCUT2D eigenvalue weighted by Crippen LogP contribution is 2.27. The van der Waals surface area contributed by atoms with Crippen LogP contribution >= 0.6 is 12.4 Å². The van der Waals surface area contributed by atoms with Crippen LogP contribution in [-0.4, -0.2) is 17.3 Å². The average Bonchev–Trinajstić information content (AvgIpc) is 2.16. The Morgan fingerprint density at radius 3 is 2.24 bits per heavy atom. The third-order valence-corrected chi connectivity index (χ3v) is 2.16. The van der Waals surface area contributed by atoms with E-state index in [0.29, 0.717) is 0 Å². The summed E-state index contributed by atoms with van der Waals surface area (Å²) in [5, 5.41) is 9.42. The Labute approximate surface area is 102 Å². The smallest absolute Gasteiger partial charge is 0.388 e. The monoisotopic (exact) mass is 273 g/mol. The molecular weight excluding hydrogens is 262 g/mol. The molecule has 0 radical (unpaired) electrons. The van der Waals surface area contributed by atoms with Crippen molar-refractivity contribution in [3.63, 3.8) is 0 Å². The highest BCUT2D eigenvalue weighted by molar-refractivity contribution is 5.85. The first kappa shape index (κ1) is 16.1. The molecule has 7 heteroatoms. The van der Waals surface area contributed by atoms with Crippen LogP contribution in [0.25, 0.3) is 0 Å². The summed E-state index contributed by atoms with van der Waals surface area (Å²) in [7, 11) is 0. The molecule has 0 aliphatic heterocycles. The number of aliphatic hydroxyl groups is 1. The first-order valence-electron chi connectivity index (χ1n) is 4.57. The maximum atomic E-state index is 13.1. The van der Waals surface area contributed by atoms with E-state index in [9.17, 15) is 22.7 Å². The number of alkyl halides is 3. The topological polar surface area (TPSA) is 46.2 Å². The first-order valence-corrected chi connectivity index (χ1v) is 4.57. The number of hydrogen-bond donors (Lipinski definition) is 2. The van der Waals surface area contributed by atoms with Crippen molar-refractivity contribution in [1.82, 2.24) is 0 Å². The second kappa shape index (κ2) is 6.18. The molecule has 0 saturated heterocycles. The zero-order chi connectivity index (χ0) is 12.3. The van der Waals surface area contributed by atoms with Crippen LogP contribution in [0.2, 0.25) is 0 Å². The molecule has 0 saturated carbocycles. The van der Waals surface area contributed by atoms with Crippen molar-refractivity contribution in [2.45, 2.75) is 24.7 Å². The van der Waals surface area contributed by atoms with Gasteiger partial charge in [0, 0.05) is 12.0 Å². The summed E-state index contributed by atoms with van der Waals surface area (Å²) in [6.45, 7) is 0. The highest BCUT2D eigenvalue weighted by Gasteiger charge is 2.38. The van der Waals surface area contributed by atoms with Gasteiger partial charge in [-0.1, -0.05) is 18.2 Å². The Morgan fingerprint density at radius 2 is 1.76 bits per heavy atom. The number of aliphatic hydroxyl groups excluding tert-OH is 1. The van der Waals surface area contributed by atoms with Crippen molar-refractivity contribution in [1.29, 1.82) is 0 Å². The highest BCUT2D eigenvalue weighted by atomic mass is 35.5. The molecule has 17 heavy (non-hydrogen) atoms. The van der Waals surface area contributed by atoms with Crippen LogP contribution in [0, 0.1) is 5.82 Å². The van der Waals surface area contributed by atoms with Crippen molar-refractivity contribution in [3.8, 4) is 0 Å². The maximum Gasteiger partial charge on any atom is 0.403 e. The van der Waals surface area contributed by atoms with Gasteiger partial charge in [-0.2, -0.15) is 13.2 Å². The van der Waals surface area contributed by atoms with Crippen LogP contribution in [0.15, 0.2) is 24.3 Å². The molecule has 0 unspecified atom stereocenters. The molecule has 0 bridgehead atoms. The van der Waals surface area contributed by atoms with E-state index < -0.39 is 30.6 Å². The van der Waals surface area contributed by atoms with Crippen LogP contribution in [0.3, 0.4) is 0 Å². The van der Waals surface area contributed by atoms with Crippen molar-refractivity contribution >= 4 is 12.4 Å². The van der Waals surface area contributed by atoms with Gasteiger partial charge in [-0.25, -0.2) is 4.39 Å². The lowest BCUT2D eigenvalue weighted by Gasteiger charge is -2.19. The van der Waals surface area contributed by atoms with E-state index >= 15 is 0 Å². The Morgan fingerprint density at radius 1 is 1.24 bits per heavy atom. The standard InChI is InChI=1S/C10H11F4NO.ClH/c11-7-4-2-1-3-6(7)8(16)5-9(15)10(12,13)14;/h1-4,8-9,16H,5,15H2;1H/t8-,9-;/m0./s1. The fraction of sp³-hybridized carbons (Fsp3) is 0.400.